The first-order valence-electron chi connectivity index (χ1n) is 10.4. The summed E-state index contributed by atoms with van der Waals surface area (Å²) < 4.78 is 11.9. The van der Waals surface area contributed by atoms with Gasteiger partial charge in [0.15, 0.2) is 11.5 Å². The number of benzene rings is 2. The molecule has 33 heavy (non-hydrogen) atoms. The van der Waals surface area contributed by atoms with Crippen LogP contribution in [0.3, 0.4) is 0 Å². The Hall–Kier alpha value is -4.08. The third kappa shape index (κ3) is 5.79. The van der Waals surface area contributed by atoms with Crippen molar-refractivity contribution in [1.29, 1.82) is 0 Å². The van der Waals surface area contributed by atoms with Gasteiger partial charge in [0.2, 0.25) is 0 Å². The summed E-state index contributed by atoms with van der Waals surface area (Å²) in [6, 6.07) is 11.0. The number of ether oxygens (including phenoxy) is 2. The maximum Gasteiger partial charge on any atom is 0.273 e. The maximum absolute atomic E-state index is 12.5. The second kappa shape index (κ2) is 10.5. The van der Waals surface area contributed by atoms with E-state index in [0.717, 1.165) is 11.1 Å². The van der Waals surface area contributed by atoms with E-state index in [1.54, 1.807) is 24.3 Å². The predicted octanol–water partition coefficient (Wildman–Crippen LogP) is 1.58. The number of H-pyrrole nitrogens is 1. The van der Waals surface area contributed by atoms with Crippen molar-refractivity contribution in [2.75, 3.05) is 13.7 Å². The van der Waals surface area contributed by atoms with E-state index in [-0.39, 0.29) is 16.3 Å². The van der Waals surface area contributed by atoms with Gasteiger partial charge in [0, 0.05) is 5.56 Å². The summed E-state index contributed by atoms with van der Waals surface area (Å²) in [7, 11) is 1.47. The van der Waals surface area contributed by atoms with Gasteiger partial charge in [0.25, 0.3) is 22.9 Å². The van der Waals surface area contributed by atoms with Crippen molar-refractivity contribution in [3.05, 3.63) is 68.7 Å². The van der Waals surface area contributed by atoms with E-state index < -0.39 is 29.5 Å². The molecule has 0 spiro atoms. The van der Waals surface area contributed by atoms with Crippen LogP contribution in [0.25, 0.3) is 10.8 Å². The molecule has 1 aromatic heterocycles. The lowest BCUT2D eigenvalue weighted by atomic mass is 10.1. The lowest BCUT2D eigenvalue weighted by Gasteiger charge is -2.13. The van der Waals surface area contributed by atoms with Crippen LogP contribution in [0.15, 0.2) is 52.1 Å². The molecule has 10 nitrogen and oxygen atoms in total. The van der Waals surface area contributed by atoms with E-state index in [1.807, 2.05) is 0 Å². The molecule has 0 bridgehead atoms. The Bertz CT molecular complexity index is 1280. The van der Waals surface area contributed by atoms with Crippen LogP contribution in [0, 0.1) is 5.92 Å². The minimum atomic E-state index is -0.697. The van der Waals surface area contributed by atoms with Gasteiger partial charge in [-0.15, -0.1) is 0 Å². The van der Waals surface area contributed by atoms with Crippen LogP contribution < -0.4 is 31.4 Å². The summed E-state index contributed by atoms with van der Waals surface area (Å²) in [5, 5.41) is 2.79. The largest absolute Gasteiger partial charge is 0.493 e. The zero-order chi connectivity index (χ0) is 24.0. The minimum absolute atomic E-state index is 0.195. The molecule has 0 radical (unpaired) electrons. The van der Waals surface area contributed by atoms with Crippen LogP contribution in [-0.2, 0) is 11.3 Å². The van der Waals surface area contributed by atoms with Crippen LogP contribution >= 0.6 is 0 Å². The van der Waals surface area contributed by atoms with Gasteiger partial charge in [-0.2, -0.15) is 0 Å². The van der Waals surface area contributed by atoms with E-state index in [4.69, 9.17) is 9.47 Å². The van der Waals surface area contributed by atoms with Gasteiger partial charge in [-0.3, -0.25) is 35.1 Å². The highest BCUT2D eigenvalue weighted by atomic mass is 16.5. The molecule has 0 aliphatic heterocycles. The standard InChI is InChI=1S/C23H26N4O6/c1-14(2)10-11-33-18-9-8-15(12-19(18)32-3)21(29)25-24-20(28)13-27-23(31)17-7-5-4-6-16(17)22(30)26-27/h4-9,12,14H,10-11,13H2,1-3H3,(H,24,28)(H,25,29)(H,26,30). The van der Waals surface area contributed by atoms with Crippen LogP contribution in [-0.4, -0.2) is 35.3 Å². The number of aromatic amines is 1. The molecule has 3 aromatic rings. The van der Waals surface area contributed by atoms with Crippen molar-refractivity contribution in [1.82, 2.24) is 20.6 Å². The van der Waals surface area contributed by atoms with Gasteiger partial charge >= 0.3 is 0 Å². The van der Waals surface area contributed by atoms with E-state index in [9.17, 15) is 19.2 Å². The number of fused-ring (bicyclic) bond motifs is 1. The molecule has 3 rings (SSSR count). The zero-order valence-electron chi connectivity index (χ0n) is 18.6. The molecule has 0 saturated carbocycles. The molecule has 1 heterocycles. The smallest absolute Gasteiger partial charge is 0.273 e. The Balaban J connectivity index is 1.63. The van der Waals surface area contributed by atoms with Gasteiger partial charge in [-0.25, -0.2) is 4.68 Å². The fourth-order valence-electron chi connectivity index (χ4n) is 3.07. The third-order valence-electron chi connectivity index (χ3n) is 4.88. The number of hydrogen-bond donors (Lipinski definition) is 3. The molecule has 3 N–H and O–H groups in total. The first-order valence-corrected chi connectivity index (χ1v) is 10.4. The third-order valence-corrected chi connectivity index (χ3v) is 4.88. The second-order valence-electron chi connectivity index (χ2n) is 7.78. The molecule has 0 aliphatic rings. The van der Waals surface area contributed by atoms with Crippen LogP contribution in [0.2, 0.25) is 0 Å². The summed E-state index contributed by atoms with van der Waals surface area (Å²) in [5.74, 6) is 0.107. The van der Waals surface area contributed by atoms with Gasteiger partial charge < -0.3 is 9.47 Å². The Morgan fingerprint density at radius 1 is 1.03 bits per heavy atom. The zero-order valence-corrected chi connectivity index (χ0v) is 18.6. The maximum atomic E-state index is 12.5. The summed E-state index contributed by atoms with van der Waals surface area (Å²) >= 11 is 0. The highest BCUT2D eigenvalue weighted by molar-refractivity contribution is 5.96. The number of amides is 2. The van der Waals surface area contributed by atoms with Crippen LogP contribution in [0.4, 0.5) is 0 Å². The molecule has 0 aliphatic carbocycles. The first kappa shape index (κ1) is 23.6. The fraction of sp³-hybridized carbons (Fsp3) is 0.304. The summed E-state index contributed by atoms with van der Waals surface area (Å²) in [4.78, 5) is 49.3. The topological polar surface area (TPSA) is 132 Å². The number of methoxy groups -OCH3 is 1. The number of nitrogens with one attached hydrogen (secondary N) is 3. The molecule has 2 amide bonds. The average Bonchev–Trinajstić information content (AvgIpc) is 2.80. The number of carbonyl (C=O) groups excluding carboxylic acids is 2. The van der Waals surface area contributed by atoms with Crippen molar-refractivity contribution in [2.45, 2.75) is 26.8 Å². The average molecular weight is 454 g/mol. The Labute approximate surface area is 189 Å². The molecule has 0 saturated heterocycles. The first-order chi connectivity index (χ1) is 15.8. The minimum Gasteiger partial charge on any atom is -0.493 e. The van der Waals surface area contributed by atoms with E-state index in [2.05, 4.69) is 29.8 Å². The van der Waals surface area contributed by atoms with Crippen LogP contribution in [0.1, 0.15) is 30.6 Å². The quantitative estimate of drug-likeness (QED) is 0.443. The highest BCUT2D eigenvalue weighted by Gasteiger charge is 2.14. The van der Waals surface area contributed by atoms with E-state index in [1.165, 1.54) is 25.3 Å². The van der Waals surface area contributed by atoms with Crippen molar-refractivity contribution in [2.24, 2.45) is 5.92 Å². The molecule has 0 atom stereocenters. The van der Waals surface area contributed by atoms with Crippen molar-refractivity contribution in [3.63, 3.8) is 0 Å². The van der Waals surface area contributed by atoms with Gasteiger partial charge in [-0.1, -0.05) is 26.0 Å². The summed E-state index contributed by atoms with van der Waals surface area (Å²) in [5.41, 5.74) is 3.72. The Morgan fingerprint density at radius 2 is 1.76 bits per heavy atom. The van der Waals surface area contributed by atoms with Crippen molar-refractivity contribution >= 4 is 22.6 Å². The predicted molar refractivity (Wildman–Crippen MR) is 122 cm³/mol. The van der Waals surface area contributed by atoms with E-state index in [0.29, 0.717) is 24.0 Å². The normalized spacial score (nSPS) is 10.8. The molecular formula is C23H26N4O6. The van der Waals surface area contributed by atoms with Gasteiger partial charge in [-0.05, 0) is 42.7 Å². The lowest BCUT2D eigenvalue weighted by molar-refractivity contribution is -0.122. The second-order valence-corrected chi connectivity index (χ2v) is 7.78. The van der Waals surface area contributed by atoms with Crippen molar-refractivity contribution in [3.8, 4) is 11.5 Å². The monoisotopic (exact) mass is 454 g/mol. The fourth-order valence-corrected chi connectivity index (χ4v) is 3.07. The summed E-state index contributed by atoms with van der Waals surface area (Å²) in [6.07, 6.45) is 0.878. The SMILES string of the molecule is COc1cc(C(=O)NNC(=O)Cn2[nH]c(=O)c3ccccc3c2=O)ccc1OCCC(C)C. The molecule has 2 aromatic carbocycles. The summed E-state index contributed by atoms with van der Waals surface area (Å²) in [6.45, 7) is 4.23. The number of hydrogen-bond acceptors (Lipinski definition) is 6. The lowest BCUT2D eigenvalue weighted by Crippen LogP contribution is -2.45. The molecule has 174 valence electrons. The van der Waals surface area contributed by atoms with Gasteiger partial charge in [0.1, 0.15) is 6.54 Å². The number of hydrazine groups is 1. The molecule has 0 unspecified atom stereocenters. The number of nitrogens with zero attached hydrogens (tertiary/aromatic N) is 1. The van der Waals surface area contributed by atoms with Crippen LogP contribution in [0.5, 0.6) is 11.5 Å². The van der Waals surface area contributed by atoms with Crippen molar-refractivity contribution < 1.29 is 19.1 Å². The Kier molecular flexibility index (Phi) is 7.50. The van der Waals surface area contributed by atoms with E-state index >= 15 is 0 Å². The number of rotatable bonds is 8. The Morgan fingerprint density at radius 3 is 2.45 bits per heavy atom. The number of aromatic nitrogens is 2. The highest BCUT2D eigenvalue weighted by Crippen LogP contribution is 2.28. The molecule has 0 fully saturated rings. The van der Waals surface area contributed by atoms with Gasteiger partial charge in [0.05, 0.1) is 24.5 Å². The molecular weight excluding hydrogens is 428 g/mol. The molecule has 10 heteroatoms. The number of carbonyl (C=O) groups is 2.